The molecule has 25 heavy (non-hydrogen) atoms. The van der Waals surface area contributed by atoms with Crippen molar-refractivity contribution >= 4 is 5.91 Å². The third kappa shape index (κ3) is 3.59. The summed E-state index contributed by atoms with van der Waals surface area (Å²) in [5, 5.41) is 9.08. The zero-order valence-corrected chi connectivity index (χ0v) is 15.5. The lowest BCUT2D eigenvalue weighted by molar-refractivity contribution is -0.130. The smallest absolute Gasteiger partial charge is 0.219 e. The molecule has 3 heterocycles. The molecule has 1 aromatic rings. The average molecular weight is 345 g/mol. The van der Waals surface area contributed by atoms with Gasteiger partial charge >= 0.3 is 0 Å². The van der Waals surface area contributed by atoms with E-state index in [9.17, 15) is 4.79 Å². The summed E-state index contributed by atoms with van der Waals surface area (Å²) in [7, 11) is 0. The van der Waals surface area contributed by atoms with Gasteiger partial charge in [-0.25, -0.2) is 0 Å². The van der Waals surface area contributed by atoms with Crippen LogP contribution in [0.15, 0.2) is 0 Å². The van der Waals surface area contributed by atoms with Gasteiger partial charge in [0.25, 0.3) is 0 Å². The maximum Gasteiger partial charge on any atom is 0.219 e. The fraction of sp³-hybridized carbons (Fsp3) is 0.842. The average Bonchev–Trinajstić information content (AvgIpc) is 2.94. The molecule has 6 heteroatoms. The van der Waals surface area contributed by atoms with E-state index in [1.165, 1.54) is 32.1 Å². The molecule has 1 saturated heterocycles. The molecule has 1 aliphatic carbocycles. The molecule has 1 atom stereocenters. The van der Waals surface area contributed by atoms with Gasteiger partial charge in [0, 0.05) is 58.0 Å². The van der Waals surface area contributed by atoms with E-state index in [0.29, 0.717) is 5.92 Å². The molecule has 0 spiro atoms. The Morgan fingerprint density at radius 2 is 1.80 bits per heavy atom. The summed E-state index contributed by atoms with van der Waals surface area (Å²) in [6.07, 6.45) is 10.1. The molecule has 138 valence electrons. The first kappa shape index (κ1) is 17.0. The van der Waals surface area contributed by atoms with Gasteiger partial charge in [0.2, 0.25) is 5.91 Å². The molecule has 0 aromatic carbocycles. The molecule has 3 aliphatic rings. The maximum atomic E-state index is 11.8. The molecule has 0 bridgehead atoms. The highest BCUT2D eigenvalue weighted by Gasteiger charge is 2.30. The van der Waals surface area contributed by atoms with Crippen LogP contribution in [0.2, 0.25) is 0 Å². The Morgan fingerprint density at radius 3 is 2.60 bits per heavy atom. The number of piperidine rings is 1. The molecule has 1 amide bonds. The normalized spacial score (nSPS) is 26.3. The summed E-state index contributed by atoms with van der Waals surface area (Å²) in [6.45, 7) is 6.61. The first-order chi connectivity index (χ1) is 12.2. The Labute approximate surface area is 150 Å². The summed E-state index contributed by atoms with van der Waals surface area (Å²) in [5.41, 5.74) is 0. The van der Waals surface area contributed by atoms with Crippen molar-refractivity contribution in [2.45, 2.75) is 76.8 Å². The van der Waals surface area contributed by atoms with Gasteiger partial charge in [0.05, 0.1) is 0 Å². The van der Waals surface area contributed by atoms with Crippen molar-refractivity contribution in [2.75, 3.05) is 26.2 Å². The first-order valence-electron chi connectivity index (χ1n) is 10.1. The van der Waals surface area contributed by atoms with Crippen LogP contribution in [0.3, 0.4) is 0 Å². The van der Waals surface area contributed by atoms with Crippen LogP contribution in [0.1, 0.15) is 69.4 Å². The second-order valence-corrected chi connectivity index (χ2v) is 8.01. The molecule has 0 radical (unpaired) electrons. The highest BCUT2D eigenvalue weighted by atomic mass is 16.2. The molecular weight excluding hydrogens is 314 g/mol. The predicted molar refractivity (Wildman–Crippen MR) is 96.4 cm³/mol. The molecular formula is C19H31N5O. The van der Waals surface area contributed by atoms with Crippen LogP contribution in [0, 0.1) is 0 Å². The van der Waals surface area contributed by atoms with Crippen LogP contribution < -0.4 is 0 Å². The highest BCUT2D eigenvalue weighted by Crippen LogP contribution is 2.28. The lowest BCUT2D eigenvalue weighted by atomic mass is 9.94. The van der Waals surface area contributed by atoms with E-state index in [0.717, 1.165) is 69.7 Å². The molecule has 0 unspecified atom stereocenters. The van der Waals surface area contributed by atoms with E-state index >= 15 is 0 Å². The van der Waals surface area contributed by atoms with Crippen molar-refractivity contribution < 1.29 is 4.79 Å². The number of rotatable bonds is 2. The third-order valence-electron chi connectivity index (χ3n) is 6.41. The van der Waals surface area contributed by atoms with E-state index in [4.69, 9.17) is 0 Å². The van der Waals surface area contributed by atoms with Gasteiger partial charge in [-0.1, -0.05) is 19.3 Å². The van der Waals surface area contributed by atoms with Crippen molar-refractivity contribution in [3.63, 3.8) is 0 Å². The van der Waals surface area contributed by atoms with E-state index < -0.39 is 0 Å². The fourth-order valence-corrected chi connectivity index (χ4v) is 4.95. The summed E-state index contributed by atoms with van der Waals surface area (Å²) in [6, 6.07) is 0.776. The van der Waals surface area contributed by atoms with Crippen molar-refractivity contribution in [2.24, 2.45) is 0 Å². The SMILES string of the molecule is CC(=O)N1CCC[C@@H](c2nnc3n2CCN(C2CCCCC2)CC3)C1. The van der Waals surface area contributed by atoms with Crippen molar-refractivity contribution in [3.8, 4) is 0 Å². The number of nitrogens with zero attached hydrogens (tertiary/aromatic N) is 5. The fourth-order valence-electron chi connectivity index (χ4n) is 4.95. The number of fused-ring (bicyclic) bond motifs is 1. The third-order valence-corrected chi connectivity index (χ3v) is 6.41. The summed E-state index contributed by atoms with van der Waals surface area (Å²) < 4.78 is 2.37. The number of likely N-dealkylation sites (tertiary alicyclic amines) is 1. The van der Waals surface area contributed by atoms with Crippen molar-refractivity contribution in [1.29, 1.82) is 0 Å². The lowest BCUT2D eigenvalue weighted by Gasteiger charge is -2.33. The first-order valence-corrected chi connectivity index (χ1v) is 10.1. The number of aromatic nitrogens is 3. The zero-order chi connectivity index (χ0) is 17.2. The van der Waals surface area contributed by atoms with Gasteiger partial charge in [0.1, 0.15) is 11.6 Å². The summed E-state index contributed by atoms with van der Waals surface area (Å²) >= 11 is 0. The van der Waals surface area contributed by atoms with Crippen LogP contribution in [0.25, 0.3) is 0 Å². The Kier molecular flexibility index (Phi) is 5.06. The maximum absolute atomic E-state index is 11.8. The van der Waals surface area contributed by atoms with Gasteiger partial charge < -0.3 is 9.47 Å². The Morgan fingerprint density at radius 1 is 0.960 bits per heavy atom. The van der Waals surface area contributed by atoms with E-state index in [1.807, 2.05) is 4.90 Å². The molecule has 0 N–H and O–H groups in total. The quantitative estimate of drug-likeness (QED) is 0.824. The van der Waals surface area contributed by atoms with Crippen LogP contribution in [-0.2, 0) is 17.8 Å². The number of hydrogen-bond donors (Lipinski definition) is 0. The van der Waals surface area contributed by atoms with Gasteiger partial charge in [-0.3, -0.25) is 9.69 Å². The van der Waals surface area contributed by atoms with Gasteiger partial charge in [0.15, 0.2) is 0 Å². The van der Waals surface area contributed by atoms with Gasteiger partial charge in [-0.05, 0) is 25.7 Å². The number of carbonyl (C=O) groups is 1. The standard InChI is InChI=1S/C19H31N5O/c1-15(25)23-10-5-6-16(14-23)19-21-20-18-9-11-22(12-13-24(18)19)17-7-3-2-4-8-17/h16-17H,2-14H2,1H3/t16-/m1/s1. The largest absolute Gasteiger partial charge is 0.342 e. The van der Waals surface area contributed by atoms with E-state index in [1.54, 1.807) is 6.92 Å². The molecule has 1 saturated carbocycles. The molecule has 4 rings (SSSR count). The van der Waals surface area contributed by atoms with Crippen molar-refractivity contribution in [3.05, 3.63) is 11.6 Å². The Balaban J connectivity index is 1.46. The number of carbonyl (C=O) groups excluding carboxylic acids is 1. The minimum Gasteiger partial charge on any atom is -0.342 e. The number of amides is 1. The predicted octanol–water partition coefficient (Wildman–Crippen LogP) is 2.19. The van der Waals surface area contributed by atoms with E-state index in [-0.39, 0.29) is 5.91 Å². The minimum atomic E-state index is 0.184. The zero-order valence-electron chi connectivity index (χ0n) is 15.5. The highest BCUT2D eigenvalue weighted by molar-refractivity contribution is 5.73. The molecule has 2 aliphatic heterocycles. The minimum absolute atomic E-state index is 0.184. The van der Waals surface area contributed by atoms with Crippen molar-refractivity contribution in [1.82, 2.24) is 24.6 Å². The topological polar surface area (TPSA) is 54.3 Å². The monoisotopic (exact) mass is 345 g/mol. The second-order valence-electron chi connectivity index (χ2n) is 8.01. The van der Waals surface area contributed by atoms with Crippen LogP contribution in [0.5, 0.6) is 0 Å². The second kappa shape index (κ2) is 7.44. The Bertz CT molecular complexity index is 607. The molecule has 6 nitrogen and oxygen atoms in total. The number of hydrogen-bond acceptors (Lipinski definition) is 4. The lowest BCUT2D eigenvalue weighted by Crippen LogP contribution is -2.39. The summed E-state index contributed by atoms with van der Waals surface area (Å²) in [4.78, 5) is 16.4. The molecule has 2 fully saturated rings. The summed E-state index contributed by atoms with van der Waals surface area (Å²) in [5.74, 6) is 2.80. The van der Waals surface area contributed by atoms with Crippen LogP contribution in [-0.4, -0.2) is 62.7 Å². The molecule has 1 aromatic heterocycles. The van der Waals surface area contributed by atoms with Gasteiger partial charge in [-0.2, -0.15) is 0 Å². The Hall–Kier alpha value is -1.43. The van der Waals surface area contributed by atoms with Crippen LogP contribution >= 0.6 is 0 Å². The van der Waals surface area contributed by atoms with E-state index in [2.05, 4.69) is 19.7 Å². The van der Waals surface area contributed by atoms with Crippen LogP contribution in [0.4, 0.5) is 0 Å². The van der Waals surface area contributed by atoms with Gasteiger partial charge in [-0.15, -0.1) is 10.2 Å².